The Kier molecular flexibility index (Phi) is 4.80. The number of nitrogens with zero attached hydrogens (tertiary/aromatic N) is 3. The quantitative estimate of drug-likeness (QED) is 0.719. The van der Waals surface area contributed by atoms with Crippen LogP contribution in [0.3, 0.4) is 0 Å². The molecule has 18 heavy (non-hydrogen) atoms. The van der Waals surface area contributed by atoms with Crippen molar-refractivity contribution in [3.8, 4) is 0 Å². The fraction of sp³-hybridized carbons (Fsp3) is 0.545. The molecule has 6 nitrogen and oxygen atoms in total. The average molecular weight is 267 g/mol. The molecule has 1 fully saturated rings. The standard InChI is InChI=1S/C11H17N5OS/c12-11(18)9-7-15-10(8-14-9)13-1-2-16-3-5-17-6-4-16/h7-8H,1-6H2,(H2,12,18)(H,13,15). The summed E-state index contributed by atoms with van der Waals surface area (Å²) in [5.74, 6) is 0.739. The predicted octanol–water partition coefficient (Wildman–Crippen LogP) is -0.145. The maximum Gasteiger partial charge on any atom is 0.144 e. The molecule has 1 aliphatic heterocycles. The van der Waals surface area contributed by atoms with Gasteiger partial charge in [-0.15, -0.1) is 0 Å². The van der Waals surface area contributed by atoms with Crippen molar-refractivity contribution < 1.29 is 4.74 Å². The van der Waals surface area contributed by atoms with Gasteiger partial charge in [0.15, 0.2) is 0 Å². The monoisotopic (exact) mass is 267 g/mol. The van der Waals surface area contributed by atoms with Crippen LogP contribution in [0.4, 0.5) is 5.82 Å². The van der Waals surface area contributed by atoms with E-state index in [1.165, 1.54) is 0 Å². The van der Waals surface area contributed by atoms with E-state index in [-0.39, 0.29) is 4.99 Å². The van der Waals surface area contributed by atoms with Crippen LogP contribution in [0.2, 0.25) is 0 Å². The van der Waals surface area contributed by atoms with E-state index in [4.69, 9.17) is 22.7 Å². The smallest absolute Gasteiger partial charge is 0.144 e. The van der Waals surface area contributed by atoms with Gasteiger partial charge in [-0.05, 0) is 0 Å². The highest BCUT2D eigenvalue weighted by Crippen LogP contribution is 2.01. The van der Waals surface area contributed by atoms with Crippen LogP contribution in [-0.2, 0) is 4.74 Å². The minimum Gasteiger partial charge on any atom is -0.388 e. The lowest BCUT2D eigenvalue weighted by molar-refractivity contribution is 0.0398. The Morgan fingerprint density at radius 3 is 2.78 bits per heavy atom. The highest BCUT2D eigenvalue weighted by atomic mass is 32.1. The molecule has 1 aliphatic rings. The molecule has 0 bridgehead atoms. The fourth-order valence-electron chi connectivity index (χ4n) is 1.71. The second-order valence-corrected chi connectivity index (χ2v) is 4.47. The van der Waals surface area contributed by atoms with Crippen molar-refractivity contribution in [2.75, 3.05) is 44.7 Å². The molecule has 7 heteroatoms. The SMILES string of the molecule is NC(=S)c1cnc(NCCN2CCOCC2)cn1. The van der Waals surface area contributed by atoms with Gasteiger partial charge in [0, 0.05) is 26.2 Å². The van der Waals surface area contributed by atoms with Crippen molar-refractivity contribution in [3.05, 3.63) is 18.1 Å². The van der Waals surface area contributed by atoms with Gasteiger partial charge >= 0.3 is 0 Å². The van der Waals surface area contributed by atoms with Crippen LogP contribution in [0.25, 0.3) is 0 Å². The van der Waals surface area contributed by atoms with Gasteiger partial charge in [0.1, 0.15) is 16.5 Å². The normalized spacial score (nSPS) is 16.4. The van der Waals surface area contributed by atoms with E-state index >= 15 is 0 Å². The van der Waals surface area contributed by atoms with E-state index in [0.717, 1.165) is 45.2 Å². The summed E-state index contributed by atoms with van der Waals surface area (Å²) in [6, 6.07) is 0. The second-order valence-electron chi connectivity index (χ2n) is 4.03. The van der Waals surface area contributed by atoms with Gasteiger partial charge in [0.05, 0.1) is 25.6 Å². The fourth-order valence-corrected chi connectivity index (χ4v) is 1.82. The summed E-state index contributed by atoms with van der Waals surface area (Å²) in [7, 11) is 0. The Morgan fingerprint density at radius 1 is 1.39 bits per heavy atom. The number of aromatic nitrogens is 2. The van der Waals surface area contributed by atoms with Gasteiger partial charge in [0.25, 0.3) is 0 Å². The topological polar surface area (TPSA) is 76.3 Å². The van der Waals surface area contributed by atoms with E-state index in [2.05, 4.69) is 20.2 Å². The minimum absolute atomic E-state index is 0.266. The van der Waals surface area contributed by atoms with Gasteiger partial charge in [0.2, 0.25) is 0 Å². The number of nitrogens with two attached hydrogens (primary N) is 1. The molecule has 0 radical (unpaired) electrons. The van der Waals surface area contributed by atoms with Crippen molar-refractivity contribution >= 4 is 23.0 Å². The van der Waals surface area contributed by atoms with E-state index in [1.807, 2.05) is 0 Å². The minimum atomic E-state index is 0.266. The largest absolute Gasteiger partial charge is 0.388 e. The molecule has 1 saturated heterocycles. The Morgan fingerprint density at radius 2 is 2.17 bits per heavy atom. The first kappa shape index (κ1) is 13.1. The first-order chi connectivity index (χ1) is 8.75. The van der Waals surface area contributed by atoms with E-state index in [9.17, 15) is 0 Å². The number of hydrogen-bond acceptors (Lipinski definition) is 6. The first-order valence-corrected chi connectivity index (χ1v) is 6.32. The number of anilines is 1. The van der Waals surface area contributed by atoms with Crippen LogP contribution in [-0.4, -0.2) is 59.2 Å². The number of thiocarbonyl (C=S) groups is 1. The Labute approximate surface area is 112 Å². The molecule has 0 aliphatic carbocycles. The zero-order chi connectivity index (χ0) is 12.8. The van der Waals surface area contributed by atoms with Crippen molar-refractivity contribution in [2.24, 2.45) is 5.73 Å². The zero-order valence-corrected chi connectivity index (χ0v) is 10.9. The summed E-state index contributed by atoms with van der Waals surface area (Å²) in [5, 5.41) is 3.22. The molecule has 0 amide bonds. The predicted molar refractivity (Wildman–Crippen MR) is 73.7 cm³/mol. The van der Waals surface area contributed by atoms with Crippen molar-refractivity contribution in [1.29, 1.82) is 0 Å². The highest BCUT2D eigenvalue weighted by Gasteiger charge is 2.09. The third-order valence-electron chi connectivity index (χ3n) is 2.74. The van der Waals surface area contributed by atoms with Crippen molar-refractivity contribution in [1.82, 2.24) is 14.9 Å². The summed E-state index contributed by atoms with van der Waals surface area (Å²) in [6.07, 6.45) is 3.23. The van der Waals surface area contributed by atoms with Gasteiger partial charge in [-0.2, -0.15) is 0 Å². The van der Waals surface area contributed by atoms with Crippen LogP contribution in [0.15, 0.2) is 12.4 Å². The molecule has 1 aromatic rings. The van der Waals surface area contributed by atoms with Crippen LogP contribution in [0.1, 0.15) is 5.69 Å². The van der Waals surface area contributed by atoms with Crippen molar-refractivity contribution in [3.63, 3.8) is 0 Å². The first-order valence-electron chi connectivity index (χ1n) is 5.91. The summed E-state index contributed by atoms with van der Waals surface area (Å²) >= 11 is 4.81. The maximum absolute atomic E-state index is 5.45. The Hall–Kier alpha value is -1.31. The van der Waals surface area contributed by atoms with Gasteiger partial charge in [-0.3, -0.25) is 4.90 Å². The van der Waals surface area contributed by atoms with Gasteiger partial charge in [-0.1, -0.05) is 12.2 Å². The molecule has 98 valence electrons. The van der Waals surface area contributed by atoms with E-state index < -0.39 is 0 Å². The molecule has 0 atom stereocenters. The molecular weight excluding hydrogens is 250 g/mol. The maximum atomic E-state index is 5.45. The van der Waals surface area contributed by atoms with Crippen LogP contribution in [0.5, 0.6) is 0 Å². The second kappa shape index (κ2) is 6.58. The summed E-state index contributed by atoms with van der Waals surface area (Å²) in [6.45, 7) is 5.44. The molecule has 0 aromatic carbocycles. The molecule has 3 N–H and O–H groups in total. The lowest BCUT2D eigenvalue weighted by Gasteiger charge is -2.26. The number of nitrogens with one attached hydrogen (secondary N) is 1. The lowest BCUT2D eigenvalue weighted by atomic mass is 10.4. The van der Waals surface area contributed by atoms with Crippen LogP contribution < -0.4 is 11.1 Å². The van der Waals surface area contributed by atoms with E-state index in [1.54, 1.807) is 12.4 Å². The van der Waals surface area contributed by atoms with Crippen LogP contribution in [0, 0.1) is 0 Å². The molecule has 2 rings (SSSR count). The Bertz CT molecular complexity index is 391. The number of hydrogen-bond donors (Lipinski definition) is 2. The lowest BCUT2D eigenvalue weighted by Crippen LogP contribution is -2.39. The van der Waals surface area contributed by atoms with Crippen molar-refractivity contribution in [2.45, 2.75) is 0 Å². The number of morpholine rings is 1. The molecule has 0 saturated carbocycles. The highest BCUT2D eigenvalue weighted by molar-refractivity contribution is 7.80. The summed E-state index contributed by atoms with van der Waals surface area (Å²) in [5.41, 5.74) is 6.00. The molecule has 2 heterocycles. The molecule has 1 aromatic heterocycles. The third kappa shape index (κ3) is 3.86. The Balaban J connectivity index is 1.74. The summed E-state index contributed by atoms with van der Waals surface area (Å²) < 4.78 is 5.29. The summed E-state index contributed by atoms with van der Waals surface area (Å²) in [4.78, 5) is 10.9. The van der Waals surface area contributed by atoms with Crippen LogP contribution >= 0.6 is 12.2 Å². The average Bonchev–Trinajstić information content (AvgIpc) is 2.40. The van der Waals surface area contributed by atoms with E-state index in [0.29, 0.717) is 5.69 Å². The number of ether oxygens (including phenoxy) is 1. The zero-order valence-electron chi connectivity index (χ0n) is 10.1. The number of rotatable bonds is 5. The van der Waals surface area contributed by atoms with Gasteiger partial charge < -0.3 is 15.8 Å². The third-order valence-corrected chi connectivity index (χ3v) is 2.95. The molecule has 0 unspecified atom stereocenters. The molecule has 0 spiro atoms. The van der Waals surface area contributed by atoms with Gasteiger partial charge in [-0.25, -0.2) is 9.97 Å². The molecular formula is C11H17N5OS.